The van der Waals surface area contributed by atoms with Crippen molar-refractivity contribution >= 4 is 21.4 Å². The molecule has 0 spiro atoms. The Morgan fingerprint density at radius 3 is 2.50 bits per heavy atom. The van der Waals surface area contributed by atoms with Crippen LogP contribution in [0.2, 0.25) is 0 Å². The van der Waals surface area contributed by atoms with Crippen molar-refractivity contribution in [3.05, 3.63) is 40.5 Å². The number of nitro benzene ring substituents is 1. The molecule has 0 unspecified atom stereocenters. The number of morpholine rings is 1. The van der Waals surface area contributed by atoms with Crippen LogP contribution in [0.25, 0.3) is 0 Å². The Balaban J connectivity index is 1.98. The lowest BCUT2D eigenvalue weighted by Crippen LogP contribution is -2.41. The second-order valence-electron chi connectivity index (χ2n) is 5.74. The first-order valence-corrected chi connectivity index (χ1v) is 9.20. The van der Waals surface area contributed by atoms with E-state index in [1.807, 2.05) is 12.2 Å². The van der Waals surface area contributed by atoms with Gasteiger partial charge in [0.1, 0.15) is 4.90 Å². The summed E-state index contributed by atoms with van der Waals surface area (Å²) in [4.78, 5) is 10.4. The van der Waals surface area contributed by atoms with Gasteiger partial charge in [-0.25, -0.2) is 8.42 Å². The second kappa shape index (κ2) is 6.88. The van der Waals surface area contributed by atoms with Crippen molar-refractivity contribution < 1.29 is 18.1 Å². The lowest BCUT2D eigenvalue weighted by molar-refractivity contribution is -0.385. The summed E-state index contributed by atoms with van der Waals surface area (Å²) in [5.41, 5.74) is 0.165. The Morgan fingerprint density at radius 1 is 1.21 bits per heavy atom. The number of sulfonamides is 1. The van der Waals surface area contributed by atoms with E-state index in [9.17, 15) is 18.5 Å². The highest BCUT2D eigenvalue weighted by Gasteiger charge is 2.31. The molecule has 0 radical (unpaired) electrons. The summed E-state index contributed by atoms with van der Waals surface area (Å²) in [5, 5.41) is 14.3. The molecule has 1 N–H and O–H groups in total. The minimum Gasteiger partial charge on any atom is -0.381 e. The van der Waals surface area contributed by atoms with E-state index < -0.39 is 14.9 Å². The molecule has 8 nitrogen and oxygen atoms in total. The fourth-order valence-corrected chi connectivity index (χ4v) is 4.42. The number of nitro groups is 1. The fourth-order valence-electron chi connectivity index (χ4n) is 2.84. The Bertz CT molecular complexity index is 748. The van der Waals surface area contributed by atoms with Crippen LogP contribution in [-0.2, 0) is 14.8 Å². The highest BCUT2D eigenvalue weighted by molar-refractivity contribution is 7.89. The van der Waals surface area contributed by atoms with Crippen LogP contribution in [0.3, 0.4) is 0 Å². The smallest absolute Gasteiger partial charge is 0.270 e. The first-order chi connectivity index (χ1) is 11.5. The standard InChI is InChI=1S/C15H19N3O5S/c19-18(20)13-5-6-14(16-12-3-1-2-4-12)15(11-13)24(21,22)17-7-9-23-10-8-17/h1-2,5-6,11-12,16H,3-4,7-10H2. The molecule has 1 aromatic rings. The van der Waals surface area contributed by atoms with Gasteiger partial charge in [0.05, 0.1) is 23.8 Å². The number of hydrogen-bond donors (Lipinski definition) is 1. The Labute approximate surface area is 140 Å². The summed E-state index contributed by atoms with van der Waals surface area (Å²) < 4.78 is 32.4. The van der Waals surface area contributed by atoms with Gasteiger partial charge in [0.2, 0.25) is 10.0 Å². The molecule has 130 valence electrons. The van der Waals surface area contributed by atoms with E-state index in [1.54, 1.807) is 0 Å². The number of benzene rings is 1. The maximum absolute atomic E-state index is 12.9. The normalized spacial score (nSPS) is 19.5. The molecule has 1 saturated heterocycles. The summed E-state index contributed by atoms with van der Waals surface area (Å²) in [6.45, 7) is 1.14. The molecule has 1 aromatic carbocycles. The highest BCUT2D eigenvalue weighted by Crippen LogP contribution is 2.31. The average molecular weight is 353 g/mol. The molecular weight excluding hydrogens is 334 g/mol. The monoisotopic (exact) mass is 353 g/mol. The molecule has 1 aliphatic heterocycles. The van der Waals surface area contributed by atoms with Gasteiger partial charge in [0, 0.05) is 31.3 Å². The Hall–Kier alpha value is -1.97. The Kier molecular flexibility index (Phi) is 4.83. The number of nitrogens with zero attached hydrogens (tertiary/aromatic N) is 2. The molecule has 1 aliphatic carbocycles. The van der Waals surface area contributed by atoms with E-state index in [-0.39, 0.29) is 29.7 Å². The number of rotatable bonds is 5. The van der Waals surface area contributed by atoms with Gasteiger partial charge in [-0.05, 0) is 18.9 Å². The molecule has 0 bridgehead atoms. The molecular formula is C15H19N3O5S. The first-order valence-electron chi connectivity index (χ1n) is 7.76. The van der Waals surface area contributed by atoms with E-state index in [2.05, 4.69) is 5.32 Å². The van der Waals surface area contributed by atoms with Crippen LogP contribution in [0.1, 0.15) is 12.8 Å². The molecule has 9 heteroatoms. The average Bonchev–Trinajstić information content (AvgIpc) is 3.08. The maximum Gasteiger partial charge on any atom is 0.270 e. The van der Waals surface area contributed by atoms with Crippen LogP contribution in [0.5, 0.6) is 0 Å². The van der Waals surface area contributed by atoms with Crippen molar-refractivity contribution in [1.29, 1.82) is 0 Å². The van der Waals surface area contributed by atoms with Gasteiger partial charge in [-0.3, -0.25) is 10.1 Å². The van der Waals surface area contributed by atoms with Crippen molar-refractivity contribution in [3.63, 3.8) is 0 Å². The van der Waals surface area contributed by atoms with Gasteiger partial charge in [0.15, 0.2) is 0 Å². The van der Waals surface area contributed by atoms with E-state index >= 15 is 0 Å². The van der Waals surface area contributed by atoms with Crippen LogP contribution in [0.4, 0.5) is 11.4 Å². The van der Waals surface area contributed by atoms with Gasteiger partial charge in [-0.1, -0.05) is 12.2 Å². The third kappa shape index (κ3) is 3.42. The third-order valence-electron chi connectivity index (χ3n) is 4.13. The van der Waals surface area contributed by atoms with Crippen LogP contribution < -0.4 is 5.32 Å². The van der Waals surface area contributed by atoms with Crippen LogP contribution in [0.15, 0.2) is 35.2 Å². The van der Waals surface area contributed by atoms with Gasteiger partial charge >= 0.3 is 0 Å². The van der Waals surface area contributed by atoms with E-state index in [0.29, 0.717) is 18.9 Å². The van der Waals surface area contributed by atoms with Crippen molar-refractivity contribution in [1.82, 2.24) is 4.31 Å². The van der Waals surface area contributed by atoms with E-state index in [4.69, 9.17) is 4.74 Å². The quantitative estimate of drug-likeness (QED) is 0.491. The van der Waals surface area contributed by atoms with Gasteiger partial charge < -0.3 is 10.1 Å². The zero-order valence-corrected chi connectivity index (χ0v) is 13.9. The number of non-ortho nitro benzene ring substituents is 1. The van der Waals surface area contributed by atoms with Crippen LogP contribution in [-0.4, -0.2) is 50.0 Å². The fraction of sp³-hybridized carbons (Fsp3) is 0.467. The van der Waals surface area contributed by atoms with Crippen molar-refractivity contribution in [3.8, 4) is 0 Å². The zero-order chi connectivity index (χ0) is 17.2. The minimum atomic E-state index is -3.82. The maximum atomic E-state index is 12.9. The second-order valence-corrected chi connectivity index (χ2v) is 7.64. The molecule has 2 aliphatic rings. The molecule has 3 rings (SSSR count). The SMILES string of the molecule is O=[N+]([O-])c1ccc(NC2CC=CC2)c(S(=O)(=O)N2CCOCC2)c1. The van der Waals surface area contributed by atoms with Gasteiger partial charge in [-0.15, -0.1) is 0 Å². The molecule has 0 aromatic heterocycles. The Morgan fingerprint density at radius 2 is 1.88 bits per heavy atom. The first kappa shape index (κ1) is 16.9. The zero-order valence-electron chi connectivity index (χ0n) is 13.1. The third-order valence-corrected chi connectivity index (χ3v) is 6.07. The molecule has 0 amide bonds. The molecule has 1 fully saturated rings. The summed E-state index contributed by atoms with van der Waals surface area (Å²) in [6.07, 6.45) is 5.65. The predicted octanol–water partition coefficient (Wildman–Crippen LogP) is 1.75. The molecule has 0 atom stereocenters. The lowest BCUT2D eigenvalue weighted by Gasteiger charge is -2.27. The van der Waals surface area contributed by atoms with E-state index in [0.717, 1.165) is 18.9 Å². The summed E-state index contributed by atoms with van der Waals surface area (Å²) >= 11 is 0. The minimum absolute atomic E-state index is 0.0505. The lowest BCUT2D eigenvalue weighted by atomic mass is 10.2. The summed E-state index contributed by atoms with van der Waals surface area (Å²) in [7, 11) is -3.82. The number of ether oxygens (including phenoxy) is 1. The summed E-state index contributed by atoms with van der Waals surface area (Å²) in [6, 6.07) is 4.03. The predicted molar refractivity (Wildman–Crippen MR) is 88.5 cm³/mol. The largest absolute Gasteiger partial charge is 0.381 e. The molecule has 0 saturated carbocycles. The number of nitrogens with one attached hydrogen (secondary N) is 1. The van der Waals surface area contributed by atoms with Crippen LogP contribution in [0, 0.1) is 10.1 Å². The summed E-state index contributed by atoms with van der Waals surface area (Å²) in [5.74, 6) is 0. The molecule has 1 heterocycles. The van der Waals surface area contributed by atoms with Crippen molar-refractivity contribution in [2.75, 3.05) is 31.6 Å². The highest BCUT2D eigenvalue weighted by atomic mass is 32.2. The van der Waals surface area contributed by atoms with Crippen molar-refractivity contribution in [2.24, 2.45) is 0 Å². The van der Waals surface area contributed by atoms with E-state index in [1.165, 1.54) is 16.4 Å². The van der Waals surface area contributed by atoms with Gasteiger partial charge in [0.25, 0.3) is 5.69 Å². The van der Waals surface area contributed by atoms with Crippen molar-refractivity contribution in [2.45, 2.75) is 23.8 Å². The number of hydrogen-bond acceptors (Lipinski definition) is 6. The van der Waals surface area contributed by atoms with Gasteiger partial charge in [-0.2, -0.15) is 4.31 Å². The van der Waals surface area contributed by atoms with Crippen LogP contribution >= 0.6 is 0 Å². The topological polar surface area (TPSA) is 102 Å². The number of anilines is 1. The molecule has 24 heavy (non-hydrogen) atoms.